The average Bonchev–Trinajstić information content (AvgIpc) is 2.36. The number of benzene rings is 1. The van der Waals surface area contributed by atoms with Gasteiger partial charge in [0.2, 0.25) is 0 Å². The molecule has 0 atom stereocenters. The Morgan fingerprint density at radius 2 is 2.11 bits per heavy atom. The molecule has 0 amide bonds. The molecule has 0 fully saturated rings. The van der Waals surface area contributed by atoms with Gasteiger partial charge in [-0.1, -0.05) is 6.07 Å². The number of nitrogens with zero attached hydrogens (tertiary/aromatic N) is 1. The van der Waals surface area contributed by atoms with E-state index in [9.17, 15) is 18.0 Å². The van der Waals surface area contributed by atoms with Crippen LogP contribution in [0, 0.1) is 0 Å². The van der Waals surface area contributed by atoms with Crippen LogP contribution in [0.25, 0.3) is 10.9 Å². The van der Waals surface area contributed by atoms with Crippen LogP contribution in [0.4, 0.5) is 13.2 Å². The fourth-order valence-electron chi connectivity index (χ4n) is 1.72. The fraction of sp³-hybridized carbons (Fsp3) is 0.231. The summed E-state index contributed by atoms with van der Waals surface area (Å²) in [6, 6.07) is 4.85. The Kier molecular flexibility index (Phi) is 3.42. The van der Waals surface area contributed by atoms with Crippen LogP contribution < -0.4 is 0 Å². The minimum atomic E-state index is -4.49. The third kappa shape index (κ3) is 2.67. The van der Waals surface area contributed by atoms with Crippen LogP contribution in [0.5, 0.6) is 0 Å². The Morgan fingerprint density at radius 3 is 2.74 bits per heavy atom. The van der Waals surface area contributed by atoms with Crippen molar-refractivity contribution < 1.29 is 22.7 Å². The van der Waals surface area contributed by atoms with Crippen molar-refractivity contribution in [3.63, 3.8) is 0 Å². The summed E-state index contributed by atoms with van der Waals surface area (Å²) >= 11 is 0. The highest BCUT2D eigenvalue weighted by Gasteiger charge is 2.32. The van der Waals surface area contributed by atoms with Crippen molar-refractivity contribution in [2.45, 2.75) is 13.1 Å². The zero-order valence-electron chi connectivity index (χ0n) is 9.99. The molecule has 0 spiro atoms. The van der Waals surface area contributed by atoms with Gasteiger partial charge >= 0.3 is 12.1 Å². The van der Waals surface area contributed by atoms with Crippen LogP contribution in [-0.4, -0.2) is 17.6 Å². The summed E-state index contributed by atoms with van der Waals surface area (Å²) in [4.78, 5) is 15.4. The number of halogens is 3. The Hall–Kier alpha value is -2.11. The minimum absolute atomic E-state index is 0.00560. The molecule has 6 heteroatoms. The molecule has 0 aliphatic carbocycles. The fourth-order valence-corrected chi connectivity index (χ4v) is 1.72. The molecule has 0 saturated heterocycles. The zero-order chi connectivity index (χ0) is 14.0. The third-order valence-corrected chi connectivity index (χ3v) is 2.54. The molecule has 0 N–H and O–H groups in total. The quantitative estimate of drug-likeness (QED) is 0.784. The van der Waals surface area contributed by atoms with Gasteiger partial charge in [-0.2, -0.15) is 13.2 Å². The van der Waals surface area contributed by atoms with E-state index >= 15 is 0 Å². The van der Waals surface area contributed by atoms with E-state index < -0.39 is 17.7 Å². The molecule has 3 nitrogen and oxygen atoms in total. The van der Waals surface area contributed by atoms with E-state index in [0.29, 0.717) is 0 Å². The maximum atomic E-state index is 12.9. The lowest BCUT2D eigenvalue weighted by Gasteiger charge is -2.10. The molecule has 2 rings (SSSR count). The lowest BCUT2D eigenvalue weighted by Crippen LogP contribution is -2.08. The van der Waals surface area contributed by atoms with E-state index in [4.69, 9.17) is 4.74 Å². The van der Waals surface area contributed by atoms with Gasteiger partial charge in [-0.25, -0.2) is 4.79 Å². The lowest BCUT2D eigenvalue weighted by molar-refractivity contribution is -0.136. The van der Waals surface area contributed by atoms with E-state index in [0.717, 1.165) is 12.1 Å². The standard InChI is InChI=1S/C13H10F3NO2/c1-2-19-12(18)8-6-9-10(13(14,15)16)4-3-5-11(9)17-7-8/h3-7H,2H2,1H3. The van der Waals surface area contributed by atoms with Gasteiger partial charge in [0, 0.05) is 11.6 Å². The van der Waals surface area contributed by atoms with Crippen molar-refractivity contribution >= 4 is 16.9 Å². The largest absolute Gasteiger partial charge is 0.462 e. The third-order valence-electron chi connectivity index (χ3n) is 2.54. The average molecular weight is 269 g/mol. The molecule has 100 valence electrons. The van der Waals surface area contributed by atoms with Crippen molar-refractivity contribution in [2.75, 3.05) is 6.61 Å². The van der Waals surface area contributed by atoms with E-state index in [1.807, 2.05) is 0 Å². The monoisotopic (exact) mass is 269 g/mol. The number of esters is 1. The highest BCUT2D eigenvalue weighted by Crippen LogP contribution is 2.34. The topological polar surface area (TPSA) is 39.2 Å². The molecule has 0 aliphatic rings. The molecule has 19 heavy (non-hydrogen) atoms. The lowest BCUT2D eigenvalue weighted by atomic mass is 10.1. The first-order chi connectivity index (χ1) is 8.93. The summed E-state index contributed by atoms with van der Waals surface area (Å²) in [5.41, 5.74) is -0.627. The minimum Gasteiger partial charge on any atom is -0.462 e. The molecular formula is C13H10F3NO2. The second kappa shape index (κ2) is 4.87. The van der Waals surface area contributed by atoms with Gasteiger partial charge in [-0.3, -0.25) is 4.98 Å². The van der Waals surface area contributed by atoms with Crippen LogP contribution in [0.3, 0.4) is 0 Å². The van der Waals surface area contributed by atoms with E-state index in [1.165, 1.54) is 18.3 Å². The van der Waals surface area contributed by atoms with Crippen molar-refractivity contribution in [3.8, 4) is 0 Å². The summed E-state index contributed by atoms with van der Waals surface area (Å²) < 4.78 is 43.3. The van der Waals surface area contributed by atoms with Crippen molar-refractivity contribution in [1.82, 2.24) is 4.98 Å². The SMILES string of the molecule is CCOC(=O)c1cnc2cccc(C(F)(F)F)c2c1. The number of carbonyl (C=O) groups excluding carboxylic acids is 1. The normalized spacial score (nSPS) is 11.6. The number of ether oxygens (including phenoxy) is 1. The van der Waals surface area contributed by atoms with Crippen LogP contribution in [0.1, 0.15) is 22.8 Å². The number of aromatic nitrogens is 1. The first-order valence-corrected chi connectivity index (χ1v) is 5.56. The molecule has 1 aromatic carbocycles. The number of fused-ring (bicyclic) bond motifs is 1. The maximum Gasteiger partial charge on any atom is 0.417 e. The summed E-state index contributed by atoms with van der Waals surface area (Å²) in [5.74, 6) is -0.686. The molecule has 2 aromatic rings. The van der Waals surface area contributed by atoms with E-state index in [2.05, 4.69) is 4.98 Å². The number of carbonyl (C=O) groups is 1. The number of hydrogen-bond donors (Lipinski definition) is 0. The number of pyridine rings is 1. The zero-order valence-corrected chi connectivity index (χ0v) is 9.99. The van der Waals surface area contributed by atoms with Gasteiger partial charge < -0.3 is 4.74 Å². The molecular weight excluding hydrogens is 259 g/mol. The second-order valence-corrected chi connectivity index (χ2v) is 3.81. The first kappa shape index (κ1) is 13.3. The molecule has 1 aromatic heterocycles. The second-order valence-electron chi connectivity index (χ2n) is 3.81. The molecule has 0 saturated carbocycles. The smallest absolute Gasteiger partial charge is 0.417 e. The molecule has 0 aliphatic heterocycles. The maximum absolute atomic E-state index is 12.9. The summed E-state index contributed by atoms with van der Waals surface area (Å²) in [5, 5.41) is -0.111. The van der Waals surface area contributed by atoms with Gasteiger partial charge in [0.25, 0.3) is 0 Å². The summed E-state index contributed by atoms with van der Waals surface area (Å²) in [6.45, 7) is 1.77. The molecule has 1 heterocycles. The van der Waals surface area contributed by atoms with Crippen LogP contribution in [-0.2, 0) is 10.9 Å². The van der Waals surface area contributed by atoms with Crippen molar-refractivity contribution in [3.05, 3.63) is 41.6 Å². The van der Waals surface area contributed by atoms with Crippen LogP contribution in [0.15, 0.2) is 30.5 Å². The van der Waals surface area contributed by atoms with E-state index in [1.54, 1.807) is 6.92 Å². The molecule has 0 unspecified atom stereocenters. The van der Waals surface area contributed by atoms with Gasteiger partial charge in [0.05, 0.1) is 23.3 Å². The van der Waals surface area contributed by atoms with Gasteiger partial charge in [-0.05, 0) is 25.1 Å². The first-order valence-electron chi connectivity index (χ1n) is 5.56. The van der Waals surface area contributed by atoms with Gasteiger partial charge in [-0.15, -0.1) is 0 Å². The predicted molar refractivity (Wildman–Crippen MR) is 62.7 cm³/mol. The Labute approximate surface area is 107 Å². The number of rotatable bonds is 2. The van der Waals surface area contributed by atoms with E-state index in [-0.39, 0.29) is 23.1 Å². The highest BCUT2D eigenvalue weighted by atomic mass is 19.4. The Bertz CT molecular complexity index is 623. The van der Waals surface area contributed by atoms with Crippen LogP contribution >= 0.6 is 0 Å². The van der Waals surface area contributed by atoms with Gasteiger partial charge in [0.15, 0.2) is 0 Å². The Morgan fingerprint density at radius 1 is 1.37 bits per heavy atom. The summed E-state index contributed by atoms with van der Waals surface area (Å²) in [6.07, 6.45) is -3.28. The number of alkyl halides is 3. The Balaban J connectivity index is 2.60. The van der Waals surface area contributed by atoms with Crippen molar-refractivity contribution in [2.24, 2.45) is 0 Å². The number of hydrogen-bond acceptors (Lipinski definition) is 3. The van der Waals surface area contributed by atoms with Crippen molar-refractivity contribution in [1.29, 1.82) is 0 Å². The molecule has 0 radical (unpaired) electrons. The van der Waals surface area contributed by atoms with Gasteiger partial charge in [0.1, 0.15) is 0 Å². The predicted octanol–water partition coefficient (Wildman–Crippen LogP) is 3.43. The molecule has 0 bridgehead atoms. The highest BCUT2D eigenvalue weighted by molar-refractivity contribution is 5.94. The van der Waals surface area contributed by atoms with Crippen LogP contribution in [0.2, 0.25) is 0 Å². The summed E-state index contributed by atoms with van der Waals surface area (Å²) in [7, 11) is 0.